The minimum Gasteiger partial charge on any atom is -0.481 e. The maximum atomic E-state index is 11.8. The van der Waals surface area contributed by atoms with Gasteiger partial charge in [0.05, 0.1) is 13.4 Å². The first-order valence-electron chi connectivity index (χ1n) is 8.42. The Morgan fingerprint density at radius 2 is 2.12 bits per heavy atom. The van der Waals surface area contributed by atoms with Gasteiger partial charge in [-0.3, -0.25) is 4.79 Å². The molecular weight excluding hydrogens is 334 g/mol. The van der Waals surface area contributed by atoms with Gasteiger partial charge in [-0.15, -0.1) is 0 Å². The van der Waals surface area contributed by atoms with Crippen LogP contribution in [0.5, 0.6) is 5.88 Å². The molecule has 1 aliphatic heterocycles. The summed E-state index contributed by atoms with van der Waals surface area (Å²) < 4.78 is 6.97. The maximum absolute atomic E-state index is 11.8. The van der Waals surface area contributed by atoms with Crippen LogP contribution in [0.3, 0.4) is 0 Å². The number of hydrogen-bond donors (Lipinski definition) is 1. The van der Waals surface area contributed by atoms with Crippen LogP contribution in [0.4, 0.5) is 5.82 Å². The summed E-state index contributed by atoms with van der Waals surface area (Å²) in [7, 11) is 1.56. The summed E-state index contributed by atoms with van der Waals surface area (Å²) in [4.78, 5) is 31.1. The van der Waals surface area contributed by atoms with E-state index in [0.717, 1.165) is 18.5 Å². The van der Waals surface area contributed by atoms with Gasteiger partial charge in [0.15, 0.2) is 17.3 Å². The number of ether oxygens (including phenoxy) is 1. The van der Waals surface area contributed by atoms with Crippen molar-refractivity contribution in [3.63, 3.8) is 0 Å². The number of fused-ring (bicyclic) bond motifs is 1. The highest BCUT2D eigenvalue weighted by atomic mass is 16.5. The van der Waals surface area contributed by atoms with E-state index in [2.05, 4.69) is 19.9 Å². The molecule has 1 saturated heterocycles. The average Bonchev–Trinajstić information content (AvgIpc) is 3.26. The molecule has 2 N–H and O–H groups in total. The van der Waals surface area contributed by atoms with Crippen molar-refractivity contribution < 1.29 is 9.53 Å². The van der Waals surface area contributed by atoms with Crippen molar-refractivity contribution >= 4 is 22.9 Å². The molecule has 0 aromatic carbocycles. The maximum Gasteiger partial charge on any atom is 0.222 e. The number of nitrogen functional groups attached to an aromatic ring is 1. The molecule has 0 radical (unpaired) electrons. The number of nitrogens with zero attached hydrogens (tertiary/aromatic N) is 6. The lowest BCUT2D eigenvalue weighted by molar-refractivity contribution is -0.127. The fourth-order valence-electron chi connectivity index (χ4n) is 3.06. The average molecular weight is 353 g/mol. The Balaban J connectivity index is 1.64. The van der Waals surface area contributed by atoms with Gasteiger partial charge in [-0.25, -0.2) is 19.9 Å². The minimum atomic E-state index is 0.202. The first-order chi connectivity index (χ1) is 12.7. The summed E-state index contributed by atoms with van der Waals surface area (Å²) in [6, 6.07) is 3.57. The highest BCUT2D eigenvalue weighted by Crippen LogP contribution is 2.23. The van der Waals surface area contributed by atoms with Gasteiger partial charge < -0.3 is 19.9 Å². The first kappa shape index (κ1) is 16.2. The molecule has 3 aromatic heterocycles. The van der Waals surface area contributed by atoms with Crippen LogP contribution >= 0.6 is 0 Å². The largest absolute Gasteiger partial charge is 0.481 e. The van der Waals surface area contributed by atoms with Gasteiger partial charge in [0, 0.05) is 43.9 Å². The van der Waals surface area contributed by atoms with Gasteiger partial charge in [0.2, 0.25) is 11.8 Å². The zero-order valence-electron chi connectivity index (χ0n) is 14.4. The Morgan fingerprint density at radius 3 is 2.81 bits per heavy atom. The molecule has 134 valence electrons. The van der Waals surface area contributed by atoms with Gasteiger partial charge in [-0.1, -0.05) is 0 Å². The number of nitrogens with two attached hydrogens (primary N) is 1. The topological polar surface area (TPSA) is 112 Å². The van der Waals surface area contributed by atoms with Gasteiger partial charge >= 0.3 is 0 Å². The van der Waals surface area contributed by atoms with Crippen LogP contribution in [0, 0.1) is 0 Å². The second-order valence-corrected chi connectivity index (χ2v) is 6.12. The second-order valence-electron chi connectivity index (χ2n) is 6.12. The summed E-state index contributed by atoms with van der Waals surface area (Å²) in [6.45, 7) is 2.05. The van der Waals surface area contributed by atoms with Crippen molar-refractivity contribution in [1.29, 1.82) is 0 Å². The van der Waals surface area contributed by atoms with Crippen LogP contribution in [0.2, 0.25) is 0 Å². The minimum absolute atomic E-state index is 0.202. The lowest BCUT2D eigenvalue weighted by Crippen LogP contribution is -2.28. The third-order valence-corrected chi connectivity index (χ3v) is 4.48. The van der Waals surface area contributed by atoms with Crippen molar-refractivity contribution in [3.8, 4) is 17.3 Å². The van der Waals surface area contributed by atoms with E-state index in [4.69, 9.17) is 10.5 Å². The van der Waals surface area contributed by atoms with Gasteiger partial charge in [-0.05, 0) is 12.5 Å². The molecule has 0 aliphatic carbocycles. The molecule has 1 amide bonds. The molecule has 3 aromatic rings. The molecule has 0 atom stereocenters. The predicted octanol–water partition coefficient (Wildman–Crippen LogP) is 1.10. The Morgan fingerprint density at radius 1 is 1.23 bits per heavy atom. The van der Waals surface area contributed by atoms with E-state index in [-0.39, 0.29) is 5.91 Å². The normalized spacial score (nSPS) is 14.3. The monoisotopic (exact) mass is 353 g/mol. The number of likely N-dealkylation sites (tertiary alicyclic amines) is 1. The number of aromatic nitrogens is 5. The van der Waals surface area contributed by atoms with Crippen LogP contribution in [0.25, 0.3) is 22.6 Å². The second kappa shape index (κ2) is 6.58. The van der Waals surface area contributed by atoms with Crippen LogP contribution in [-0.4, -0.2) is 55.5 Å². The van der Waals surface area contributed by atoms with Crippen LogP contribution in [-0.2, 0) is 11.3 Å². The molecule has 0 unspecified atom stereocenters. The zero-order valence-corrected chi connectivity index (χ0v) is 14.4. The Kier molecular flexibility index (Phi) is 4.11. The third kappa shape index (κ3) is 2.92. The smallest absolute Gasteiger partial charge is 0.222 e. The molecule has 26 heavy (non-hydrogen) atoms. The summed E-state index contributed by atoms with van der Waals surface area (Å²) in [5.41, 5.74) is 8.01. The van der Waals surface area contributed by atoms with E-state index >= 15 is 0 Å². The fourth-order valence-corrected chi connectivity index (χ4v) is 3.06. The van der Waals surface area contributed by atoms with Gasteiger partial charge in [-0.2, -0.15) is 0 Å². The molecule has 9 heteroatoms. The lowest BCUT2D eigenvalue weighted by atomic mass is 10.2. The van der Waals surface area contributed by atoms with Crippen LogP contribution in [0.15, 0.2) is 24.7 Å². The number of carbonyl (C=O) groups is 1. The van der Waals surface area contributed by atoms with E-state index in [9.17, 15) is 4.79 Å². The summed E-state index contributed by atoms with van der Waals surface area (Å²) in [6.07, 6.45) is 4.89. The molecular formula is C17H19N7O2. The molecule has 0 saturated carbocycles. The third-order valence-electron chi connectivity index (χ3n) is 4.48. The van der Waals surface area contributed by atoms with Crippen LogP contribution < -0.4 is 10.5 Å². The van der Waals surface area contributed by atoms with E-state index in [1.165, 1.54) is 0 Å². The van der Waals surface area contributed by atoms with E-state index in [0.29, 0.717) is 48.2 Å². The SMILES string of the molecule is COc1ccc(-c2nc(N)c3ncn(CCN4CCCC4=O)c3n2)cn1. The quantitative estimate of drug-likeness (QED) is 0.731. The molecule has 4 rings (SSSR count). The van der Waals surface area contributed by atoms with Gasteiger partial charge in [0.25, 0.3) is 0 Å². The Bertz CT molecular complexity index is 952. The number of anilines is 1. The number of methoxy groups -OCH3 is 1. The number of hydrogen-bond acceptors (Lipinski definition) is 7. The number of carbonyl (C=O) groups excluding carboxylic acids is 1. The zero-order chi connectivity index (χ0) is 18.1. The van der Waals surface area contributed by atoms with E-state index in [1.807, 2.05) is 15.5 Å². The Hall–Kier alpha value is -3.23. The van der Waals surface area contributed by atoms with Crippen molar-refractivity contribution in [3.05, 3.63) is 24.7 Å². The number of rotatable bonds is 5. The standard InChI is InChI=1S/C17H19N7O2/c1-26-12-5-4-11(9-19-12)16-21-15(18)14-17(22-16)24(10-20-14)8-7-23-6-2-3-13(23)25/h4-5,9-10H,2-3,6-8H2,1H3,(H2,18,21,22). The fraction of sp³-hybridized carbons (Fsp3) is 0.353. The first-order valence-corrected chi connectivity index (χ1v) is 8.42. The summed E-state index contributed by atoms with van der Waals surface area (Å²) in [5.74, 6) is 1.51. The number of pyridine rings is 1. The Labute approximate surface area is 149 Å². The summed E-state index contributed by atoms with van der Waals surface area (Å²) in [5, 5.41) is 0. The van der Waals surface area contributed by atoms with E-state index in [1.54, 1.807) is 25.7 Å². The van der Waals surface area contributed by atoms with E-state index < -0.39 is 0 Å². The predicted molar refractivity (Wildman–Crippen MR) is 95.3 cm³/mol. The van der Waals surface area contributed by atoms with Crippen molar-refractivity contribution in [2.24, 2.45) is 0 Å². The van der Waals surface area contributed by atoms with Crippen LogP contribution in [0.1, 0.15) is 12.8 Å². The molecule has 0 bridgehead atoms. The molecule has 1 fully saturated rings. The number of amides is 1. The lowest BCUT2D eigenvalue weighted by Gasteiger charge is -2.15. The van der Waals surface area contributed by atoms with Crippen molar-refractivity contribution in [2.75, 3.05) is 25.9 Å². The van der Waals surface area contributed by atoms with Crippen molar-refractivity contribution in [2.45, 2.75) is 19.4 Å². The molecule has 0 spiro atoms. The molecule has 1 aliphatic rings. The van der Waals surface area contributed by atoms with Crippen molar-refractivity contribution in [1.82, 2.24) is 29.4 Å². The highest BCUT2D eigenvalue weighted by molar-refractivity contribution is 5.83. The highest BCUT2D eigenvalue weighted by Gasteiger charge is 2.20. The number of imidazole rings is 1. The summed E-state index contributed by atoms with van der Waals surface area (Å²) >= 11 is 0. The van der Waals surface area contributed by atoms with Gasteiger partial charge in [0.1, 0.15) is 5.52 Å². The molecule has 9 nitrogen and oxygen atoms in total. The molecule has 4 heterocycles.